The maximum Gasteiger partial charge on any atom is 0.0661 e. The molecule has 0 fully saturated rings. The molecule has 0 heterocycles. The molecule has 64 valence electrons. The van der Waals surface area contributed by atoms with E-state index >= 15 is 0 Å². The van der Waals surface area contributed by atoms with Gasteiger partial charge >= 0.3 is 0 Å². The Morgan fingerprint density at radius 3 is 2.45 bits per heavy atom. The van der Waals surface area contributed by atoms with Gasteiger partial charge in [-0.3, -0.25) is 0 Å². The van der Waals surface area contributed by atoms with Gasteiger partial charge in [-0.05, 0) is 6.42 Å². The summed E-state index contributed by atoms with van der Waals surface area (Å²) >= 11 is 0. The first kappa shape index (κ1) is 10.5. The summed E-state index contributed by atoms with van der Waals surface area (Å²) in [4.78, 5) is 0. The predicted molar refractivity (Wildman–Crippen MR) is 50.2 cm³/mol. The van der Waals surface area contributed by atoms with Crippen molar-refractivity contribution < 1.29 is 0 Å². The second-order valence-electron chi connectivity index (χ2n) is 2.98. The van der Waals surface area contributed by atoms with Gasteiger partial charge in [0.2, 0.25) is 0 Å². The molecular formula is C10H19N. The van der Waals surface area contributed by atoms with Crippen molar-refractivity contribution in [3.63, 3.8) is 0 Å². The van der Waals surface area contributed by atoms with E-state index in [0.717, 1.165) is 6.42 Å². The molecule has 0 saturated heterocycles. The molecule has 0 saturated carbocycles. The van der Waals surface area contributed by atoms with Crippen LogP contribution in [0.25, 0.3) is 0 Å². The Bertz CT molecular complexity index is 113. The number of nitrogens with two attached hydrogens (primary N) is 1. The number of unbranched alkanes of at least 4 members (excludes halogenated alkanes) is 4. The lowest BCUT2D eigenvalue weighted by Crippen LogP contribution is -2.16. The predicted octanol–water partition coefficient (Wildman–Crippen LogP) is 2.31. The van der Waals surface area contributed by atoms with Crippen molar-refractivity contribution in [2.24, 2.45) is 5.73 Å². The Labute approximate surface area is 70.4 Å². The highest BCUT2D eigenvalue weighted by molar-refractivity contribution is 4.95. The summed E-state index contributed by atoms with van der Waals surface area (Å²) in [5.41, 5.74) is 5.55. The zero-order valence-corrected chi connectivity index (χ0v) is 7.47. The zero-order chi connectivity index (χ0) is 8.53. The highest BCUT2D eigenvalue weighted by atomic mass is 14.6. The van der Waals surface area contributed by atoms with E-state index in [4.69, 9.17) is 12.2 Å². The Kier molecular flexibility index (Phi) is 7.29. The van der Waals surface area contributed by atoms with Crippen molar-refractivity contribution in [3.8, 4) is 12.3 Å². The molecule has 0 aromatic rings. The fraction of sp³-hybridized carbons (Fsp3) is 0.800. The van der Waals surface area contributed by atoms with Crippen LogP contribution in [0, 0.1) is 12.3 Å². The van der Waals surface area contributed by atoms with E-state index in [9.17, 15) is 0 Å². The van der Waals surface area contributed by atoms with Crippen molar-refractivity contribution in [3.05, 3.63) is 0 Å². The molecule has 0 unspecified atom stereocenters. The van der Waals surface area contributed by atoms with Crippen LogP contribution in [0.5, 0.6) is 0 Å². The summed E-state index contributed by atoms with van der Waals surface area (Å²) < 4.78 is 0. The first-order valence-corrected chi connectivity index (χ1v) is 4.53. The van der Waals surface area contributed by atoms with Crippen LogP contribution in [0.15, 0.2) is 0 Å². The number of terminal acetylenes is 1. The van der Waals surface area contributed by atoms with Crippen LogP contribution in [0.3, 0.4) is 0 Å². The smallest absolute Gasteiger partial charge is 0.0661 e. The van der Waals surface area contributed by atoms with E-state index in [-0.39, 0.29) is 6.04 Å². The van der Waals surface area contributed by atoms with Crippen LogP contribution in [0.1, 0.15) is 45.4 Å². The van der Waals surface area contributed by atoms with E-state index in [1.807, 2.05) is 0 Å². The van der Waals surface area contributed by atoms with Gasteiger partial charge in [0, 0.05) is 0 Å². The van der Waals surface area contributed by atoms with E-state index in [1.54, 1.807) is 0 Å². The topological polar surface area (TPSA) is 26.0 Å². The minimum Gasteiger partial charge on any atom is -0.318 e. The highest BCUT2D eigenvalue weighted by Gasteiger charge is 1.95. The van der Waals surface area contributed by atoms with Crippen molar-refractivity contribution in [1.29, 1.82) is 0 Å². The Hall–Kier alpha value is -0.480. The summed E-state index contributed by atoms with van der Waals surface area (Å²) in [5, 5.41) is 0. The van der Waals surface area contributed by atoms with Gasteiger partial charge in [-0.2, -0.15) is 0 Å². The molecule has 2 N–H and O–H groups in total. The standard InChI is InChI=1S/C10H19N/c1-3-5-6-7-8-9-10(11)4-2/h2,10H,3,5-9,11H2,1H3/t10-/m1/s1. The molecule has 0 aliphatic heterocycles. The van der Waals surface area contributed by atoms with Crippen molar-refractivity contribution >= 4 is 0 Å². The maximum absolute atomic E-state index is 5.55. The lowest BCUT2D eigenvalue weighted by atomic mass is 10.1. The summed E-state index contributed by atoms with van der Waals surface area (Å²) in [7, 11) is 0. The molecule has 11 heavy (non-hydrogen) atoms. The maximum atomic E-state index is 5.55. The van der Waals surface area contributed by atoms with Gasteiger partial charge in [0.15, 0.2) is 0 Å². The average Bonchev–Trinajstić information content (AvgIpc) is 2.04. The quantitative estimate of drug-likeness (QED) is 0.460. The molecule has 0 radical (unpaired) electrons. The second-order valence-corrected chi connectivity index (χ2v) is 2.98. The lowest BCUT2D eigenvalue weighted by Gasteiger charge is -2.02. The molecule has 1 atom stereocenters. The van der Waals surface area contributed by atoms with E-state index in [2.05, 4.69) is 12.8 Å². The normalized spacial score (nSPS) is 12.5. The van der Waals surface area contributed by atoms with E-state index < -0.39 is 0 Å². The fourth-order valence-corrected chi connectivity index (χ4v) is 1.05. The molecule has 0 aromatic carbocycles. The third kappa shape index (κ3) is 7.42. The summed E-state index contributed by atoms with van der Waals surface area (Å²) in [6, 6.07) is -0.0170. The molecule has 0 rings (SSSR count). The number of hydrogen-bond acceptors (Lipinski definition) is 1. The van der Waals surface area contributed by atoms with Gasteiger partial charge in [-0.15, -0.1) is 6.42 Å². The van der Waals surface area contributed by atoms with Crippen LogP contribution < -0.4 is 5.73 Å². The zero-order valence-electron chi connectivity index (χ0n) is 7.47. The minimum atomic E-state index is -0.0170. The average molecular weight is 153 g/mol. The number of hydrogen-bond donors (Lipinski definition) is 1. The molecule has 0 aliphatic rings. The fourth-order valence-electron chi connectivity index (χ4n) is 1.05. The van der Waals surface area contributed by atoms with Crippen LogP contribution in [0.2, 0.25) is 0 Å². The van der Waals surface area contributed by atoms with E-state index in [1.165, 1.54) is 32.1 Å². The SMILES string of the molecule is C#C[C@@H](N)CCCCCCC. The van der Waals surface area contributed by atoms with Crippen LogP contribution in [-0.4, -0.2) is 6.04 Å². The monoisotopic (exact) mass is 153 g/mol. The molecule has 0 amide bonds. The van der Waals surface area contributed by atoms with Gasteiger partial charge in [-0.25, -0.2) is 0 Å². The van der Waals surface area contributed by atoms with E-state index in [0.29, 0.717) is 0 Å². The van der Waals surface area contributed by atoms with Crippen LogP contribution in [0.4, 0.5) is 0 Å². The summed E-state index contributed by atoms with van der Waals surface area (Å²) in [6.07, 6.45) is 12.5. The Balaban J connectivity index is 2.97. The first-order chi connectivity index (χ1) is 5.31. The van der Waals surface area contributed by atoms with Gasteiger partial charge in [0.25, 0.3) is 0 Å². The van der Waals surface area contributed by atoms with Gasteiger partial charge < -0.3 is 5.73 Å². The van der Waals surface area contributed by atoms with Gasteiger partial charge in [-0.1, -0.05) is 44.9 Å². The minimum absolute atomic E-state index is 0.0170. The molecule has 0 bridgehead atoms. The third-order valence-electron chi connectivity index (χ3n) is 1.83. The van der Waals surface area contributed by atoms with Crippen LogP contribution in [-0.2, 0) is 0 Å². The lowest BCUT2D eigenvalue weighted by molar-refractivity contribution is 0.589. The van der Waals surface area contributed by atoms with Gasteiger partial charge in [0.05, 0.1) is 6.04 Å². The largest absolute Gasteiger partial charge is 0.318 e. The van der Waals surface area contributed by atoms with Crippen LogP contribution >= 0.6 is 0 Å². The molecule has 1 heteroatoms. The third-order valence-corrected chi connectivity index (χ3v) is 1.83. The number of rotatable bonds is 6. The van der Waals surface area contributed by atoms with Crippen molar-refractivity contribution in [1.82, 2.24) is 0 Å². The van der Waals surface area contributed by atoms with Gasteiger partial charge in [0.1, 0.15) is 0 Å². The van der Waals surface area contributed by atoms with Crippen molar-refractivity contribution in [2.45, 2.75) is 51.5 Å². The molecule has 0 aromatic heterocycles. The molecule has 1 nitrogen and oxygen atoms in total. The second kappa shape index (κ2) is 7.63. The first-order valence-electron chi connectivity index (χ1n) is 4.53. The molecule has 0 aliphatic carbocycles. The van der Waals surface area contributed by atoms with Crippen molar-refractivity contribution in [2.75, 3.05) is 0 Å². The Morgan fingerprint density at radius 2 is 1.91 bits per heavy atom. The molecule has 0 spiro atoms. The highest BCUT2D eigenvalue weighted by Crippen LogP contribution is 2.05. The summed E-state index contributed by atoms with van der Waals surface area (Å²) in [5.74, 6) is 2.53. The summed E-state index contributed by atoms with van der Waals surface area (Å²) in [6.45, 7) is 2.22. The Morgan fingerprint density at radius 1 is 1.27 bits per heavy atom. The molecular weight excluding hydrogens is 134 g/mol.